The highest BCUT2D eigenvalue weighted by Crippen LogP contribution is 2.29. The van der Waals surface area contributed by atoms with Gasteiger partial charge in [0.1, 0.15) is 12.4 Å². The number of aromatic nitrogens is 1. The molecule has 0 spiro atoms. The number of benzene rings is 3. The lowest BCUT2D eigenvalue weighted by atomic mass is 10.2. The van der Waals surface area contributed by atoms with Crippen molar-refractivity contribution in [3.63, 3.8) is 0 Å². The number of amides is 1. The number of anilines is 1. The number of sulfone groups is 1. The van der Waals surface area contributed by atoms with E-state index in [9.17, 15) is 17.6 Å². The molecule has 1 amide bonds. The predicted molar refractivity (Wildman–Crippen MR) is 139 cm³/mol. The van der Waals surface area contributed by atoms with E-state index >= 15 is 0 Å². The number of rotatable bonds is 6. The Hall–Kier alpha value is -3.36. The van der Waals surface area contributed by atoms with Gasteiger partial charge in [0, 0.05) is 43.3 Å². The fraction of sp³-hybridized carbons (Fsp3) is 0.222. The van der Waals surface area contributed by atoms with Crippen molar-refractivity contribution in [2.45, 2.75) is 17.2 Å². The third kappa shape index (κ3) is 4.96. The Balaban J connectivity index is 1.34. The fourth-order valence-electron chi connectivity index (χ4n) is 4.62. The van der Waals surface area contributed by atoms with Crippen LogP contribution < -0.4 is 4.90 Å². The van der Waals surface area contributed by atoms with Crippen LogP contribution in [-0.4, -0.2) is 50.0 Å². The first-order valence-corrected chi connectivity index (χ1v) is 13.7. The van der Waals surface area contributed by atoms with Gasteiger partial charge in [-0.05, 0) is 35.9 Å². The summed E-state index contributed by atoms with van der Waals surface area (Å²) in [5.41, 5.74) is 2.14. The Bertz CT molecular complexity index is 1510. The third-order valence-electron chi connectivity index (χ3n) is 6.49. The molecule has 0 aliphatic carbocycles. The van der Waals surface area contributed by atoms with Crippen molar-refractivity contribution in [3.05, 3.63) is 95.4 Å². The van der Waals surface area contributed by atoms with E-state index in [-0.39, 0.29) is 23.1 Å². The Labute approximate surface area is 214 Å². The molecule has 36 heavy (non-hydrogen) atoms. The zero-order valence-corrected chi connectivity index (χ0v) is 21.1. The van der Waals surface area contributed by atoms with E-state index in [2.05, 4.69) is 4.90 Å². The highest BCUT2D eigenvalue weighted by Gasteiger charge is 2.25. The SMILES string of the molecule is O=C(Cn1cc(S(=O)(=O)Cc2ccc(F)cc2)c2ccccc21)N1CCN(c2ccccc2Cl)CC1. The van der Waals surface area contributed by atoms with E-state index in [1.54, 1.807) is 27.8 Å². The molecule has 6 nitrogen and oxygen atoms in total. The normalized spacial score (nSPS) is 14.4. The Kier molecular flexibility index (Phi) is 6.73. The quantitative estimate of drug-likeness (QED) is 0.364. The van der Waals surface area contributed by atoms with Crippen molar-refractivity contribution in [1.29, 1.82) is 0 Å². The fourth-order valence-corrected chi connectivity index (χ4v) is 6.46. The minimum absolute atomic E-state index is 0.0404. The molecule has 0 saturated carbocycles. The Morgan fingerprint density at radius 3 is 2.28 bits per heavy atom. The molecule has 0 N–H and O–H groups in total. The molecular formula is C27H25ClFN3O3S. The molecule has 1 aliphatic heterocycles. The van der Waals surface area contributed by atoms with Crippen LogP contribution in [0.15, 0.2) is 83.9 Å². The first kappa shape index (κ1) is 24.3. The zero-order valence-electron chi connectivity index (χ0n) is 19.5. The van der Waals surface area contributed by atoms with E-state index in [1.165, 1.54) is 24.3 Å². The van der Waals surface area contributed by atoms with E-state index < -0.39 is 15.7 Å². The van der Waals surface area contributed by atoms with Crippen molar-refractivity contribution in [3.8, 4) is 0 Å². The maximum absolute atomic E-state index is 13.3. The molecule has 1 saturated heterocycles. The van der Waals surface area contributed by atoms with Crippen LogP contribution in [0.5, 0.6) is 0 Å². The average Bonchev–Trinajstić information content (AvgIpc) is 3.25. The van der Waals surface area contributed by atoms with Gasteiger partial charge < -0.3 is 14.4 Å². The highest BCUT2D eigenvalue weighted by molar-refractivity contribution is 7.90. The van der Waals surface area contributed by atoms with Crippen LogP contribution in [0, 0.1) is 5.82 Å². The van der Waals surface area contributed by atoms with Crippen LogP contribution in [0.3, 0.4) is 0 Å². The summed E-state index contributed by atoms with van der Waals surface area (Å²) in [7, 11) is -3.72. The molecule has 4 aromatic rings. The van der Waals surface area contributed by atoms with E-state index in [1.807, 2.05) is 36.4 Å². The van der Waals surface area contributed by atoms with Gasteiger partial charge in [-0.15, -0.1) is 0 Å². The topological polar surface area (TPSA) is 62.6 Å². The molecule has 1 fully saturated rings. The summed E-state index contributed by atoms with van der Waals surface area (Å²) in [6.07, 6.45) is 1.54. The highest BCUT2D eigenvalue weighted by atomic mass is 35.5. The second kappa shape index (κ2) is 9.95. The van der Waals surface area contributed by atoms with Gasteiger partial charge in [-0.3, -0.25) is 4.79 Å². The van der Waals surface area contributed by atoms with Crippen LogP contribution >= 0.6 is 11.6 Å². The molecule has 5 rings (SSSR count). The van der Waals surface area contributed by atoms with Crippen molar-refractivity contribution >= 4 is 43.9 Å². The summed E-state index contributed by atoms with van der Waals surface area (Å²) < 4.78 is 41.5. The zero-order chi connectivity index (χ0) is 25.3. The van der Waals surface area contributed by atoms with E-state index in [0.29, 0.717) is 47.7 Å². The minimum Gasteiger partial charge on any atom is -0.367 e. The molecule has 186 valence electrons. The summed E-state index contributed by atoms with van der Waals surface area (Å²) >= 11 is 6.33. The second-order valence-electron chi connectivity index (χ2n) is 8.84. The van der Waals surface area contributed by atoms with Crippen molar-refractivity contribution < 1.29 is 17.6 Å². The van der Waals surface area contributed by atoms with Gasteiger partial charge in [0.05, 0.1) is 21.4 Å². The first-order valence-electron chi connectivity index (χ1n) is 11.6. The molecule has 9 heteroatoms. The number of hydrogen-bond acceptors (Lipinski definition) is 4. The third-order valence-corrected chi connectivity index (χ3v) is 8.52. The van der Waals surface area contributed by atoms with Crippen LogP contribution in [0.1, 0.15) is 5.56 Å². The summed E-state index contributed by atoms with van der Waals surface area (Å²) in [5.74, 6) is -0.741. The maximum atomic E-state index is 13.3. The largest absolute Gasteiger partial charge is 0.367 e. The summed E-state index contributed by atoms with van der Waals surface area (Å²) in [6.45, 7) is 2.48. The number of fused-ring (bicyclic) bond motifs is 1. The minimum atomic E-state index is -3.72. The molecule has 0 radical (unpaired) electrons. The number of nitrogens with zero attached hydrogens (tertiary/aromatic N) is 3. The molecule has 3 aromatic carbocycles. The summed E-state index contributed by atoms with van der Waals surface area (Å²) in [4.78, 5) is 17.3. The predicted octanol–water partition coefficient (Wildman–Crippen LogP) is 4.76. The van der Waals surface area contributed by atoms with Gasteiger partial charge in [0.2, 0.25) is 5.91 Å². The number of carbonyl (C=O) groups is 1. The van der Waals surface area contributed by atoms with Crippen LogP contribution in [0.25, 0.3) is 10.9 Å². The average molecular weight is 526 g/mol. The Morgan fingerprint density at radius 2 is 1.56 bits per heavy atom. The van der Waals surface area contributed by atoms with E-state index in [4.69, 9.17) is 11.6 Å². The number of halogens is 2. The summed E-state index contributed by atoms with van der Waals surface area (Å²) in [6, 6.07) is 20.3. The number of hydrogen-bond donors (Lipinski definition) is 0. The molecule has 1 aromatic heterocycles. The van der Waals surface area contributed by atoms with Gasteiger partial charge in [-0.1, -0.05) is 54.1 Å². The van der Waals surface area contributed by atoms with Crippen molar-refractivity contribution in [2.24, 2.45) is 0 Å². The first-order chi connectivity index (χ1) is 17.3. The number of piperazine rings is 1. The smallest absolute Gasteiger partial charge is 0.242 e. The molecular weight excluding hydrogens is 501 g/mol. The van der Waals surface area contributed by atoms with Gasteiger partial charge in [-0.25, -0.2) is 12.8 Å². The molecule has 0 bridgehead atoms. The molecule has 0 atom stereocenters. The van der Waals surface area contributed by atoms with Crippen LogP contribution in [-0.2, 0) is 26.9 Å². The Morgan fingerprint density at radius 1 is 0.889 bits per heavy atom. The lowest BCUT2D eigenvalue weighted by Gasteiger charge is -2.36. The molecule has 2 heterocycles. The maximum Gasteiger partial charge on any atom is 0.242 e. The standard InChI is InChI=1S/C27H25ClFN3O3S/c28-23-6-2-4-8-25(23)30-13-15-31(16-14-30)27(33)18-32-17-26(22-5-1-3-7-24(22)32)36(34,35)19-20-9-11-21(29)12-10-20/h1-12,17H,13-16,18-19H2. The lowest BCUT2D eigenvalue weighted by molar-refractivity contribution is -0.132. The van der Waals surface area contributed by atoms with Crippen molar-refractivity contribution in [2.75, 3.05) is 31.1 Å². The van der Waals surface area contributed by atoms with Crippen molar-refractivity contribution in [1.82, 2.24) is 9.47 Å². The molecule has 1 aliphatic rings. The van der Waals surface area contributed by atoms with E-state index in [0.717, 1.165) is 5.69 Å². The summed E-state index contributed by atoms with van der Waals surface area (Å²) in [5, 5.41) is 1.25. The number of para-hydroxylation sites is 2. The van der Waals surface area contributed by atoms with Crippen LogP contribution in [0.2, 0.25) is 5.02 Å². The van der Waals surface area contributed by atoms with Gasteiger partial charge in [-0.2, -0.15) is 0 Å². The second-order valence-corrected chi connectivity index (χ2v) is 11.2. The van der Waals surface area contributed by atoms with Gasteiger partial charge in [0.15, 0.2) is 9.84 Å². The lowest BCUT2D eigenvalue weighted by Crippen LogP contribution is -2.49. The van der Waals surface area contributed by atoms with Gasteiger partial charge >= 0.3 is 0 Å². The van der Waals surface area contributed by atoms with Crippen LogP contribution in [0.4, 0.5) is 10.1 Å². The molecule has 0 unspecified atom stereocenters. The monoisotopic (exact) mass is 525 g/mol. The number of carbonyl (C=O) groups excluding carboxylic acids is 1. The van der Waals surface area contributed by atoms with Gasteiger partial charge in [0.25, 0.3) is 0 Å².